The highest BCUT2D eigenvalue weighted by atomic mass is 35.5. The maximum Gasteiger partial charge on any atom is 0.253 e. The number of aromatic nitrogens is 2. The number of ketones is 1. The topological polar surface area (TPSA) is 79.7 Å². The number of rotatable bonds is 12. The number of ether oxygens (including phenoxy) is 1. The molecule has 6 rings (SSSR count). The highest BCUT2D eigenvalue weighted by Crippen LogP contribution is 2.33. The van der Waals surface area contributed by atoms with Crippen LogP contribution in [0.25, 0.3) is 10.9 Å². The Morgan fingerprint density at radius 2 is 1.80 bits per heavy atom. The lowest BCUT2D eigenvalue weighted by Crippen LogP contribution is -2.54. The van der Waals surface area contributed by atoms with Crippen LogP contribution in [0.2, 0.25) is 10.0 Å². The van der Waals surface area contributed by atoms with Gasteiger partial charge < -0.3 is 14.6 Å². The molecule has 2 aliphatic heterocycles. The van der Waals surface area contributed by atoms with Gasteiger partial charge in [-0.05, 0) is 69.0 Å². The molecule has 236 valence electrons. The van der Waals surface area contributed by atoms with Crippen molar-refractivity contribution in [1.29, 1.82) is 0 Å². The molecule has 1 amide bonds. The number of carbonyl (C=O) groups excluding carboxylic acids is 2. The smallest absolute Gasteiger partial charge is 0.253 e. The first-order valence-corrected chi connectivity index (χ1v) is 16.5. The molecule has 2 aliphatic rings. The molecule has 2 unspecified atom stereocenters. The second-order valence-corrected chi connectivity index (χ2v) is 13.1. The van der Waals surface area contributed by atoms with E-state index >= 15 is 0 Å². The van der Waals surface area contributed by atoms with Gasteiger partial charge in [-0.3, -0.25) is 24.4 Å². The number of halogens is 2. The molecule has 0 aliphatic carbocycles. The number of fused-ring (bicyclic) bond motifs is 3. The van der Waals surface area contributed by atoms with Crippen molar-refractivity contribution in [3.05, 3.63) is 93.9 Å². The zero-order chi connectivity index (χ0) is 31.5. The first kappa shape index (κ1) is 31.5. The molecule has 45 heavy (non-hydrogen) atoms. The Kier molecular flexibility index (Phi) is 9.75. The SMILES string of the molecule is CC(C)Oc1cccc2c(C(=O)NCc3ccc(Cl)c(Cl)c3)cn(CCCN3C4CCC3CN(CC(=O)c3ccccn3)C4)c12. The molecule has 4 aromatic rings. The van der Waals surface area contributed by atoms with E-state index in [4.69, 9.17) is 27.9 Å². The summed E-state index contributed by atoms with van der Waals surface area (Å²) in [6.07, 6.45) is 6.87. The van der Waals surface area contributed by atoms with Crippen LogP contribution in [0, 0.1) is 0 Å². The fourth-order valence-corrected chi connectivity index (χ4v) is 7.09. The number of nitrogens with one attached hydrogen (secondary N) is 1. The van der Waals surface area contributed by atoms with E-state index in [9.17, 15) is 9.59 Å². The normalized spacial score (nSPS) is 18.5. The quantitative estimate of drug-likeness (QED) is 0.177. The Balaban J connectivity index is 1.13. The fraction of sp³-hybridized carbons (Fsp3) is 0.400. The lowest BCUT2D eigenvalue weighted by Gasteiger charge is -2.40. The Labute approximate surface area is 274 Å². The number of nitrogens with zero attached hydrogens (tertiary/aromatic N) is 4. The molecule has 2 atom stereocenters. The predicted octanol–water partition coefficient (Wildman–Crippen LogP) is 6.48. The zero-order valence-electron chi connectivity index (χ0n) is 25.7. The number of hydrogen-bond donors (Lipinski definition) is 1. The van der Waals surface area contributed by atoms with Crippen molar-refractivity contribution in [3.63, 3.8) is 0 Å². The van der Waals surface area contributed by atoms with Crippen LogP contribution in [0.15, 0.2) is 67.0 Å². The van der Waals surface area contributed by atoms with Crippen molar-refractivity contribution >= 4 is 45.8 Å². The Morgan fingerprint density at radius 1 is 1.00 bits per heavy atom. The zero-order valence-corrected chi connectivity index (χ0v) is 27.2. The van der Waals surface area contributed by atoms with Gasteiger partial charge in [-0.15, -0.1) is 0 Å². The molecule has 2 saturated heterocycles. The van der Waals surface area contributed by atoms with Crippen molar-refractivity contribution in [1.82, 2.24) is 24.7 Å². The number of hydrogen-bond acceptors (Lipinski definition) is 6. The predicted molar refractivity (Wildman–Crippen MR) is 178 cm³/mol. The summed E-state index contributed by atoms with van der Waals surface area (Å²) in [4.78, 5) is 35.4. The molecule has 0 radical (unpaired) electrons. The Morgan fingerprint density at radius 3 is 2.51 bits per heavy atom. The standard InChI is InChI=1S/C35H39Cl2N5O3/c1-23(2)45-33-9-5-7-27-28(35(44)39-18-24-10-13-29(36)30(37)17-24)21-41(34(27)33)15-6-16-42-25-11-12-26(42)20-40(19-25)22-32(43)31-8-3-4-14-38-31/h3-5,7-10,13-14,17,21,23,25-26H,6,11-12,15-16,18-20,22H2,1-2H3,(H,39,44). The third kappa shape index (κ3) is 7.20. The van der Waals surface area contributed by atoms with Crippen LogP contribution in [0.1, 0.15) is 59.5 Å². The number of amides is 1. The summed E-state index contributed by atoms with van der Waals surface area (Å²) in [5, 5.41) is 4.86. The average Bonchev–Trinajstić information content (AvgIpc) is 3.51. The maximum atomic E-state index is 13.5. The van der Waals surface area contributed by atoms with Gasteiger partial charge in [-0.2, -0.15) is 0 Å². The molecule has 1 N–H and O–H groups in total. The van der Waals surface area contributed by atoms with Crippen molar-refractivity contribution in [2.75, 3.05) is 26.2 Å². The van der Waals surface area contributed by atoms with Gasteiger partial charge in [-0.25, -0.2) is 0 Å². The lowest BCUT2D eigenvalue weighted by atomic mass is 10.1. The Bertz CT molecular complexity index is 1660. The first-order valence-electron chi connectivity index (χ1n) is 15.7. The lowest BCUT2D eigenvalue weighted by molar-refractivity contribution is 0.0586. The molecule has 2 bridgehead atoms. The van der Waals surface area contributed by atoms with Crippen molar-refractivity contribution in [2.45, 2.75) is 64.4 Å². The van der Waals surface area contributed by atoms with E-state index in [1.807, 2.05) is 56.4 Å². The van der Waals surface area contributed by atoms with Crippen LogP contribution in [-0.2, 0) is 13.1 Å². The molecule has 8 nitrogen and oxygen atoms in total. The molecule has 0 saturated carbocycles. The number of aryl methyl sites for hydroxylation is 1. The molecule has 2 aromatic heterocycles. The highest BCUT2D eigenvalue weighted by Gasteiger charge is 2.39. The van der Waals surface area contributed by atoms with Gasteiger partial charge in [-0.1, -0.05) is 47.5 Å². The third-order valence-corrected chi connectivity index (χ3v) is 9.49. The molecular formula is C35H39Cl2N5O3. The number of benzene rings is 2. The summed E-state index contributed by atoms with van der Waals surface area (Å²) in [6.45, 7) is 8.30. The summed E-state index contributed by atoms with van der Waals surface area (Å²) in [7, 11) is 0. The maximum absolute atomic E-state index is 13.5. The van der Waals surface area contributed by atoms with E-state index in [-0.39, 0.29) is 17.8 Å². The summed E-state index contributed by atoms with van der Waals surface area (Å²) >= 11 is 12.2. The number of Topliss-reactive ketones (excluding diaryl/α,β-unsaturated/α-hetero) is 1. The number of carbonyl (C=O) groups is 2. The second kappa shape index (κ2) is 13.9. The molecule has 10 heteroatoms. The molecule has 4 heterocycles. The van der Waals surface area contributed by atoms with Crippen LogP contribution in [0.4, 0.5) is 0 Å². The van der Waals surface area contributed by atoms with E-state index in [0.29, 0.717) is 46.5 Å². The van der Waals surface area contributed by atoms with Crippen molar-refractivity contribution in [3.8, 4) is 5.75 Å². The number of piperazine rings is 1. The molecular weight excluding hydrogens is 609 g/mol. The molecule has 2 aromatic carbocycles. The number of likely N-dealkylation sites (tertiary alicyclic amines) is 1. The summed E-state index contributed by atoms with van der Waals surface area (Å²) in [5.41, 5.74) is 2.97. The molecule has 0 spiro atoms. The van der Waals surface area contributed by atoms with Crippen LogP contribution in [0.5, 0.6) is 5.75 Å². The van der Waals surface area contributed by atoms with Crippen LogP contribution in [0.3, 0.4) is 0 Å². The van der Waals surface area contributed by atoms with Crippen molar-refractivity contribution < 1.29 is 14.3 Å². The Hall–Kier alpha value is -3.43. The highest BCUT2D eigenvalue weighted by molar-refractivity contribution is 6.42. The third-order valence-electron chi connectivity index (χ3n) is 8.75. The van der Waals surface area contributed by atoms with Crippen molar-refractivity contribution in [2.24, 2.45) is 0 Å². The number of pyridine rings is 1. The van der Waals surface area contributed by atoms with Crippen LogP contribution >= 0.6 is 23.2 Å². The van der Waals surface area contributed by atoms with Gasteiger partial charge in [0.1, 0.15) is 11.4 Å². The van der Waals surface area contributed by atoms with Gasteiger partial charge >= 0.3 is 0 Å². The van der Waals surface area contributed by atoms with Gasteiger partial charge in [0.2, 0.25) is 0 Å². The van der Waals surface area contributed by atoms with Gasteiger partial charge in [0.25, 0.3) is 5.91 Å². The minimum Gasteiger partial charge on any atom is -0.489 e. The van der Waals surface area contributed by atoms with Gasteiger partial charge in [0, 0.05) is 62.6 Å². The summed E-state index contributed by atoms with van der Waals surface area (Å²) < 4.78 is 8.37. The van der Waals surface area contributed by atoms with E-state index in [0.717, 1.165) is 67.7 Å². The van der Waals surface area contributed by atoms with E-state index in [1.54, 1.807) is 24.4 Å². The first-order chi connectivity index (χ1) is 21.8. The number of para-hydroxylation sites is 1. The van der Waals surface area contributed by atoms with E-state index in [1.165, 1.54) is 0 Å². The van der Waals surface area contributed by atoms with E-state index < -0.39 is 0 Å². The monoisotopic (exact) mass is 647 g/mol. The summed E-state index contributed by atoms with van der Waals surface area (Å²) in [6, 6.07) is 17.6. The second-order valence-electron chi connectivity index (χ2n) is 12.3. The largest absolute Gasteiger partial charge is 0.489 e. The van der Waals surface area contributed by atoms with Gasteiger partial charge in [0.15, 0.2) is 5.78 Å². The van der Waals surface area contributed by atoms with Crippen LogP contribution in [-0.4, -0.2) is 75.4 Å². The summed E-state index contributed by atoms with van der Waals surface area (Å²) in [5.74, 6) is 0.706. The average molecular weight is 649 g/mol. The minimum atomic E-state index is -0.152. The van der Waals surface area contributed by atoms with Gasteiger partial charge in [0.05, 0.1) is 33.8 Å². The van der Waals surface area contributed by atoms with Crippen LogP contribution < -0.4 is 10.1 Å². The van der Waals surface area contributed by atoms with E-state index in [2.05, 4.69) is 24.7 Å². The fourth-order valence-electron chi connectivity index (χ4n) is 6.77. The minimum absolute atomic E-state index is 0.00218. The molecule has 2 fully saturated rings.